The second-order valence-corrected chi connectivity index (χ2v) is 6.44. The van der Waals surface area contributed by atoms with E-state index in [0.29, 0.717) is 24.9 Å². The van der Waals surface area contributed by atoms with Crippen LogP contribution in [0.5, 0.6) is 0 Å². The van der Waals surface area contributed by atoms with E-state index in [1.165, 1.54) is 6.42 Å². The molecule has 1 fully saturated rings. The Hall–Kier alpha value is 0.160. The molecule has 1 heterocycles. The second kappa shape index (κ2) is 6.79. The van der Waals surface area contributed by atoms with Gasteiger partial charge in [-0.15, -0.1) is 11.6 Å². The largest absolute Gasteiger partial charge is 0.299 e. The molecular weight excluding hydrogens is 248 g/mol. The maximum atomic E-state index is 11.6. The minimum Gasteiger partial charge on any atom is -0.299 e. The highest BCUT2D eigenvalue weighted by molar-refractivity contribution is 7.89. The van der Waals surface area contributed by atoms with Crippen molar-refractivity contribution in [1.29, 1.82) is 0 Å². The Morgan fingerprint density at radius 3 is 2.88 bits per heavy atom. The first-order valence-corrected chi connectivity index (χ1v) is 8.05. The zero-order valence-electron chi connectivity index (χ0n) is 9.78. The lowest BCUT2D eigenvalue weighted by Gasteiger charge is -2.22. The molecule has 1 rings (SSSR count). The molecule has 1 unspecified atom stereocenters. The summed E-state index contributed by atoms with van der Waals surface area (Å²) in [5.74, 6) is 0.529. The molecule has 1 atom stereocenters. The first-order chi connectivity index (χ1) is 7.59. The van der Waals surface area contributed by atoms with Crippen molar-refractivity contribution in [3.8, 4) is 0 Å². The Labute approximate surface area is 103 Å². The van der Waals surface area contributed by atoms with Crippen LogP contribution in [0.25, 0.3) is 0 Å². The van der Waals surface area contributed by atoms with E-state index >= 15 is 0 Å². The van der Waals surface area contributed by atoms with Gasteiger partial charge in [0.1, 0.15) is 0 Å². The molecule has 0 radical (unpaired) electrons. The molecule has 0 aromatic rings. The molecule has 0 spiro atoms. The molecule has 1 saturated heterocycles. The van der Waals surface area contributed by atoms with Crippen molar-refractivity contribution in [1.82, 2.24) is 9.62 Å². The third kappa shape index (κ3) is 4.57. The lowest BCUT2D eigenvalue weighted by atomic mass is 10.2. The minimum absolute atomic E-state index is 0.134. The number of rotatable bonds is 7. The number of alkyl halides is 1. The van der Waals surface area contributed by atoms with E-state index in [1.807, 2.05) is 0 Å². The van der Waals surface area contributed by atoms with E-state index in [9.17, 15) is 8.42 Å². The highest BCUT2D eigenvalue weighted by Gasteiger charge is 2.24. The van der Waals surface area contributed by atoms with Crippen LogP contribution in [0.1, 0.15) is 26.2 Å². The number of hydrogen-bond donors (Lipinski definition) is 1. The van der Waals surface area contributed by atoms with Crippen LogP contribution in [0.4, 0.5) is 0 Å². The van der Waals surface area contributed by atoms with Crippen LogP contribution >= 0.6 is 11.6 Å². The van der Waals surface area contributed by atoms with Gasteiger partial charge in [0.2, 0.25) is 10.0 Å². The zero-order chi connectivity index (χ0) is 12.0. The van der Waals surface area contributed by atoms with Gasteiger partial charge in [0, 0.05) is 18.5 Å². The van der Waals surface area contributed by atoms with Crippen LogP contribution < -0.4 is 4.72 Å². The van der Waals surface area contributed by atoms with Crippen molar-refractivity contribution < 1.29 is 8.42 Å². The van der Waals surface area contributed by atoms with Gasteiger partial charge in [0.25, 0.3) is 0 Å². The summed E-state index contributed by atoms with van der Waals surface area (Å²) in [4.78, 5) is 2.32. The molecule has 0 bridgehead atoms. The standard InChI is InChI=1S/C10H21ClN2O2S/c1-2-13-7-3-5-10(13)9-12-16(14,15)8-4-6-11/h10,12H,2-9H2,1H3. The van der Waals surface area contributed by atoms with Crippen molar-refractivity contribution in [3.05, 3.63) is 0 Å². The Morgan fingerprint density at radius 2 is 2.25 bits per heavy atom. The first-order valence-electron chi connectivity index (χ1n) is 5.86. The third-order valence-electron chi connectivity index (χ3n) is 2.99. The average Bonchev–Trinajstić information content (AvgIpc) is 2.71. The summed E-state index contributed by atoms with van der Waals surface area (Å²) in [5, 5.41) is 0. The molecule has 6 heteroatoms. The van der Waals surface area contributed by atoms with Crippen LogP contribution in [0.2, 0.25) is 0 Å². The molecule has 0 aromatic carbocycles. The number of likely N-dealkylation sites (tertiary alicyclic amines) is 1. The van der Waals surface area contributed by atoms with Crippen LogP contribution in [0.3, 0.4) is 0 Å². The summed E-state index contributed by atoms with van der Waals surface area (Å²) in [6, 6.07) is 0.371. The summed E-state index contributed by atoms with van der Waals surface area (Å²) >= 11 is 5.48. The molecule has 0 aromatic heterocycles. The fourth-order valence-corrected chi connectivity index (χ4v) is 3.49. The van der Waals surface area contributed by atoms with Gasteiger partial charge in [0.05, 0.1) is 5.75 Å². The summed E-state index contributed by atoms with van der Waals surface area (Å²) < 4.78 is 25.8. The van der Waals surface area contributed by atoms with Crippen LogP contribution in [0.15, 0.2) is 0 Å². The lowest BCUT2D eigenvalue weighted by molar-refractivity contribution is 0.268. The van der Waals surface area contributed by atoms with E-state index < -0.39 is 10.0 Å². The zero-order valence-corrected chi connectivity index (χ0v) is 11.4. The number of halogens is 1. The van der Waals surface area contributed by atoms with Gasteiger partial charge in [-0.3, -0.25) is 4.90 Å². The number of nitrogens with one attached hydrogen (secondary N) is 1. The van der Waals surface area contributed by atoms with Crippen LogP contribution in [-0.2, 0) is 10.0 Å². The Morgan fingerprint density at radius 1 is 1.50 bits per heavy atom. The van der Waals surface area contributed by atoms with Crippen molar-refractivity contribution in [3.63, 3.8) is 0 Å². The number of sulfonamides is 1. The van der Waals surface area contributed by atoms with Crippen molar-refractivity contribution >= 4 is 21.6 Å². The smallest absolute Gasteiger partial charge is 0.211 e. The topological polar surface area (TPSA) is 49.4 Å². The number of likely N-dealkylation sites (N-methyl/N-ethyl adjacent to an activating group) is 1. The van der Waals surface area contributed by atoms with Gasteiger partial charge in [-0.05, 0) is 32.4 Å². The number of nitrogens with zero attached hydrogens (tertiary/aromatic N) is 1. The fourth-order valence-electron chi connectivity index (χ4n) is 2.08. The van der Waals surface area contributed by atoms with Gasteiger partial charge < -0.3 is 0 Å². The van der Waals surface area contributed by atoms with E-state index in [0.717, 1.165) is 19.5 Å². The molecule has 0 amide bonds. The first kappa shape index (κ1) is 14.2. The van der Waals surface area contributed by atoms with Gasteiger partial charge in [-0.25, -0.2) is 13.1 Å². The molecule has 96 valence electrons. The molecule has 1 aliphatic heterocycles. The summed E-state index contributed by atoms with van der Waals surface area (Å²) in [7, 11) is -3.12. The predicted octanol–water partition coefficient (Wildman–Crippen LogP) is 1.02. The van der Waals surface area contributed by atoms with Gasteiger partial charge in [0.15, 0.2) is 0 Å². The van der Waals surface area contributed by atoms with E-state index in [-0.39, 0.29) is 5.75 Å². The molecule has 0 aliphatic carbocycles. The van der Waals surface area contributed by atoms with E-state index in [4.69, 9.17) is 11.6 Å². The van der Waals surface area contributed by atoms with Gasteiger partial charge in [-0.2, -0.15) is 0 Å². The molecule has 16 heavy (non-hydrogen) atoms. The minimum atomic E-state index is -3.12. The SMILES string of the molecule is CCN1CCCC1CNS(=O)(=O)CCCCl. The van der Waals surface area contributed by atoms with Crippen molar-refractivity contribution in [2.75, 3.05) is 31.3 Å². The van der Waals surface area contributed by atoms with Crippen LogP contribution in [0, 0.1) is 0 Å². The summed E-state index contributed by atoms with van der Waals surface area (Å²) in [5.41, 5.74) is 0. The Bertz CT molecular complexity index is 295. The molecule has 4 nitrogen and oxygen atoms in total. The Balaban J connectivity index is 2.33. The highest BCUT2D eigenvalue weighted by Crippen LogP contribution is 2.15. The van der Waals surface area contributed by atoms with Gasteiger partial charge >= 0.3 is 0 Å². The fraction of sp³-hybridized carbons (Fsp3) is 1.00. The lowest BCUT2D eigenvalue weighted by Crippen LogP contribution is -2.40. The third-order valence-corrected chi connectivity index (χ3v) is 4.69. The maximum Gasteiger partial charge on any atom is 0.211 e. The maximum absolute atomic E-state index is 11.6. The van der Waals surface area contributed by atoms with Crippen molar-refractivity contribution in [2.45, 2.75) is 32.2 Å². The molecule has 0 saturated carbocycles. The average molecular weight is 269 g/mol. The summed E-state index contributed by atoms with van der Waals surface area (Å²) in [6.07, 6.45) is 2.77. The summed E-state index contributed by atoms with van der Waals surface area (Å²) in [6.45, 7) is 4.73. The van der Waals surface area contributed by atoms with Crippen LogP contribution in [-0.4, -0.2) is 50.6 Å². The van der Waals surface area contributed by atoms with Crippen molar-refractivity contribution in [2.24, 2.45) is 0 Å². The predicted molar refractivity (Wildman–Crippen MR) is 67.4 cm³/mol. The molecule has 1 aliphatic rings. The second-order valence-electron chi connectivity index (χ2n) is 4.13. The monoisotopic (exact) mass is 268 g/mol. The van der Waals surface area contributed by atoms with Gasteiger partial charge in [-0.1, -0.05) is 6.92 Å². The van der Waals surface area contributed by atoms with E-state index in [1.54, 1.807) is 0 Å². The normalized spacial score (nSPS) is 22.8. The quantitative estimate of drug-likeness (QED) is 0.702. The van der Waals surface area contributed by atoms with E-state index in [2.05, 4.69) is 16.5 Å². The highest BCUT2D eigenvalue weighted by atomic mass is 35.5. The Kier molecular flexibility index (Phi) is 6.03. The number of hydrogen-bond acceptors (Lipinski definition) is 3. The molecule has 1 N–H and O–H groups in total. The molecular formula is C10H21ClN2O2S.